The molecule has 0 aromatic carbocycles. The van der Waals surface area contributed by atoms with Gasteiger partial charge in [0.15, 0.2) is 0 Å². The summed E-state index contributed by atoms with van der Waals surface area (Å²) in [5.74, 6) is -7.55. The maximum absolute atomic E-state index is 11.6. The van der Waals surface area contributed by atoms with E-state index in [0.29, 0.717) is 0 Å². The van der Waals surface area contributed by atoms with Crippen molar-refractivity contribution in [2.45, 2.75) is 26.2 Å². The Hall–Kier alpha value is -2.37. The predicted molar refractivity (Wildman–Crippen MR) is 73.5 cm³/mol. The van der Waals surface area contributed by atoms with E-state index in [9.17, 15) is 29.7 Å². The van der Waals surface area contributed by atoms with Gasteiger partial charge in [-0.2, -0.15) is 0 Å². The molecule has 0 radical (unpaired) electrons. The van der Waals surface area contributed by atoms with Gasteiger partial charge in [0.05, 0.1) is 23.3 Å². The fourth-order valence-corrected chi connectivity index (χ4v) is 3.01. The summed E-state index contributed by atoms with van der Waals surface area (Å²) in [6.07, 6.45) is 3.70. The molecule has 1 unspecified atom stereocenters. The first kappa shape index (κ1) is 19.6. The standard InChI is InChI=1S/C16H22O6/c1-5-8-11(4)15(9-6-2,10-7-3)16(12(17)18,13(19)20)14(21)22/h5-7,11H,1-3,8-10H2,4H3,(H,17,18)(H,19,20)(H,21,22)/p-3. The summed E-state index contributed by atoms with van der Waals surface area (Å²) in [7, 11) is 0. The third-order valence-corrected chi connectivity index (χ3v) is 4.15. The van der Waals surface area contributed by atoms with Crippen LogP contribution >= 0.6 is 0 Å². The van der Waals surface area contributed by atoms with E-state index in [2.05, 4.69) is 19.7 Å². The van der Waals surface area contributed by atoms with E-state index in [4.69, 9.17) is 0 Å². The maximum Gasteiger partial charge on any atom is 0.0951 e. The van der Waals surface area contributed by atoms with E-state index in [1.165, 1.54) is 25.2 Å². The zero-order valence-corrected chi connectivity index (χ0v) is 12.5. The van der Waals surface area contributed by atoms with Gasteiger partial charge >= 0.3 is 0 Å². The lowest BCUT2D eigenvalue weighted by Gasteiger charge is -2.55. The van der Waals surface area contributed by atoms with Crippen LogP contribution in [0.25, 0.3) is 0 Å². The largest absolute Gasteiger partial charge is 0.549 e. The number of aliphatic carboxylic acids is 3. The van der Waals surface area contributed by atoms with E-state index >= 15 is 0 Å². The van der Waals surface area contributed by atoms with Crippen LogP contribution in [0.15, 0.2) is 38.0 Å². The first-order valence-corrected chi connectivity index (χ1v) is 6.66. The molecule has 0 bridgehead atoms. The molecule has 6 heteroatoms. The van der Waals surface area contributed by atoms with Gasteiger partial charge in [-0.25, -0.2) is 0 Å². The van der Waals surface area contributed by atoms with Crippen molar-refractivity contribution >= 4 is 17.9 Å². The molecule has 0 saturated heterocycles. The molecule has 0 amide bonds. The monoisotopic (exact) mass is 307 g/mol. The van der Waals surface area contributed by atoms with Gasteiger partial charge in [-0.3, -0.25) is 0 Å². The fraction of sp³-hybridized carbons (Fsp3) is 0.438. The van der Waals surface area contributed by atoms with Gasteiger partial charge in [0.25, 0.3) is 0 Å². The van der Waals surface area contributed by atoms with Gasteiger partial charge in [-0.15, -0.1) is 19.7 Å². The molecule has 0 rings (SSSR count). The zero-order chi connectivity index (χ0) is 17.6. The summed E-state index contributed by atoms with van der Waals surface area (Å²) in [4.78, 5) is 34.7. The summed E-state index contributed by atoms with van der Waals surface area (Å²) in [6.45, 7) is 12.0. The van der Waals surface area contributed by atoms with Crippen LogP contribution in [0.5, 0.6) is 0 Å². The number of rotatable bonds is 11. The molecule has 0 aliphatic carbocycles. The van der Waals surface area contributed by atoms with Crippen molar-refractivity contribution in [3.05, 3.63) is 38.0 Å². The summed E-state index contributed by atoms with van der Waals surface area (Å²) >= 11 is 0. The van der Waals surface area contributed by atoms with Crippen LogP contribution < -0.4 is 15.3 Å². The highest BCUT2D eigenvalue weighted by molar-refractivity contribution is 6.15. The fourth-order valence-electron chi connectivity index (χ4n) is 3.01. The van der Waals surface area contributed by atoms with Gasteiger partial charge in [0.2, 0.25) is 0 Å². The topological polar surface area (TPSA) is 120 Å². The van der Waals surface area contributed by atoms with E-state index in [1.54, 1.807) is 0 Å². The van der Waals surface area contributed by atoms with E-state index in [-0.39, 0.29) is 19.3 Å². The predicted octanol–water partition coefficient (Wildman–Crippen LogP) is -1.43. The second-order valence-electron chi connectivity index (χ2n) is 5.18. The number of carbonyl (C=O) groups excluding carboxylic acids is 3. The van der Waals surface area contributed by atoms with Gasteiger partial charge in [0, 0.05) is 5.41 Å². The van der Waals surface area contributed by atoms with Crippen molar-refractivity contribution in [3.63, 3.8) is 0 Å². The number of carboxylic acid groups (broad SMARTS) is 3. The maximum atomic E-state index is 11.6. The van der Waals surface area contributed by atoms with Crippen molar-refractivity contribution in [3.8, 4) is 0 Å². The highest BCUT2D eigenvalue weighted by Gasteiger charge is 2.56. The van der Waals surface area contributed by atoms with Crippen LogP contribution in [0, 0.1) is 16.7 Å². The molecule has 0 aromatic heterocycles. The Balaban J connectivity index is 6.75. The van der Waals surface area contributed by atoms with Gasteiger partial charge in [0.1, 0.15) is 0 Å². The minimum atomic E-state index is -3.34. The average molecular weight is 307 g/mol. The van der Waals surface area contributed by atoms with E-state index in [0.717, 1.165) is 0 Å². The Labute approximate surface area is 129 Å². The van der Waals surface area contributed by atoms with Crippen molar-refractivity contribution < 1.29 is 29.7 Å². The molecular weight excluding hydrogens is 288 g/mol. The Bertz CT molecular complexity index is 445. The smallest absolute Gasteiger partial charge is 0.0951 e. The van der Waals surface area contributed by atoms with Crippen LogP contribution in [0.1, 0.15) is 26.2 Å². The quantitative estimate of drug-likeness (QED) is 0.341. The number of carboxylic acids is 3. The first-order chi connectivity index (χ1) is 10.2. The van der Waals surface area contributed by atoms with Gasteiger partial charge in [-0.05, 0) is 25.2 Å². The molecule has 0 aliphatic rings. The number of hydrogen-bond donors (Lipinski definition) is 0. The molecule has 6 nitrogen and oxygen atoms in total. The molecule has 0 heterocycles. The van der Waals surface area contributed by atoms with Crippen LogP contribution in [0.3, 0.4) is 0 Å². The lowest BCUT2D eigenvalue weighted by atomic mass is 9.53. The molecule has 0 aromatic rings. The normalized spacial score (nSPS) is 13.0. The number of hydrogen-bond acceptors (Lipinski definition) is 6. The Morgan fingerprint density at radius 3 is 1.50 bits per heavy atom. The van der Waals surface area contributed by atoms with Crippen molar-refractivity contribution in [1.82, 2.24) is 0 Å². The van der Waals surface area contributed by atoms with Crippen LogP contribution in [-0.2, 0) is 14.4 Å². The van der Waals surface area contributed by atoms with Gasteiger partial charge < -0.3 is 29.7 Å². The van der Waals surface area contributed by atoms with Crippen molar-refractivity contribution in [2.24, 2.45) is 16.7 Å². The Morgan fingerprint density at radius 1 is 0.909 bits per heavy atom. The van der Waals surface area contributed by atoms with E-state index in [1.807, 2.05) is 0 Å². The van der Waals surface area contributed by atoms with Crippen LogP contribution in [0.2, 0.25) is 0 Å². The van der Waals surface area contributed by atoms with Gasteiger partial charge in [-0.1, -0.05) is 25.2 Å². The minimum Gasteiger partial charge on any atom is -0.549 e. The van der Waals surface area contributed by atoms with Crippen molar-refractivity contribution in [1.29, 1.82) is 0 Å². The third kappa shape index (κ3) is 2.81. The molecule has 0 N–H and O–H groups in total. The second-order valence-corrected chi connectivity index (χ2v) is 5.18. The summed E-state index contributed by atoms with van der Waals surface area (Å²) < 4.78 is 0. The molecule has 22 heavy (non-hydrogen) atoms. The minimum absolute atomic E-state index is 0.178. The Kier molecular flexibility index (Phi) is 6.77. The molecule has 122 valence electrons. The number of allylic oxidation sites excluding steroid dienone is 3. The first-order valence-electron chi connectivity index (χ1n) is 6.66. The van der Waals surface area contributed by atoms with E-state index < -0.39 is 34.7 Å². The zero-order valence-electron chi connectivity index (χ0n) is 12.5. The molecule has 0 saturated carbocycles. The second kappa shape index (κ2) is 7.59. The average Bonchev–Trinajstić information content (AvgIpc) is 2.38. The lowest BCUT2D eigenvalue weighted by molar-refractivity contribution is -0.371. The third-order valence-electron chi connectivity index (χ3n) is 4.15. The molecular formula is C16H19O6-3. The molecule has 0 aliphatic heterocycles. The highest BCUT2D eigenvalue weighted by atomic mass is 16.4. The van der Waals surface area contributed by atoms with Crippen LogP contribution in [-0.4, -0.2) is 17.9 Å². The summed E-state index contributed by atoms with van der Waals surface area (Å²) in [5.41, 5.74) is -5.14. The molecule has 0 fully saturated rings. The molecule has 0 spiro atoms. The number of carbonyl (C=O) groups is 3. The van der Waals surface area contributed by atoms with Crippen LogP contribution in [0.4, 0.5) is 0 Å². The summed E-state index contributed by atoms with van der Waals surface area (Å²) in [6, 6.07) is 0. The molecule has 1 atom stereocenters. The highest BCUT2D eigenvalue weighted by Crippen LogP contribution is 2.52. The summed E-state index contributed by atoms with van der Waals surface area (Å²) in [5, 5.41) is 34.7. The SMILES string of the molecule is C=CCC(C)C(CC=C)(CC=C)C(C(=O)[O-])(C(=O)[O-])C(=O)[O-]. The lowest BCUT2D eigenvalue weighted by Crippen LogP contribution is -2.71. The van der Waals surface area contributed by atoms with Crippen molar-refractivity contribution in [2.75, 3.05) is 0 Å². The Morgan fingerprint density at radius 2 is 1.27 bits per heavy atom.